The van der Waals surface area contributed by atoms with E-state index in [4.69, 9.17) is 0 Å². The summed E-state index contributed by atoms with van der Waals surface area (Å²) in [5.41, 5.74) is 5.22. The van der Waals surface area contributed by atoms with E-state index in [0.29, 0.717) is 0 Å². The molecule has 80 valence electrons. The molecule has 1 aromatic rings. The second kappa shape index (κ2) is 4.19. The molecule has 0 amide bonds. The third kappa shape index (κ3) is 2.29. The number of hydrogen-bond donors (Lipinski definition) is 1. The molecule has 0 saturated heterocycles. The summed E-state index contributed by atoms with van der Waals surface area (Å²) in [5.74, 6) is 0. The highest BCUT2D eigenvalue weighted by atomic mass is 16.3. The van der Waals surface area contributed by atoms with Crippen molar-refractivity contribution < 1.29 is 5.11 Å². The lowest BCUT2D eigenvalue weighted by atomic mass is 9.89. The van der Waals surface area contributed by atoms with Crippen molar-refractivity contribution in [2.24, 2.45) is 0 Å². The third-order valence-electron chi connectivity index (χ3n) is 3.08. The quantitative estimate of drug-likeness (QED) is 0.741. The summed E-state index contributed by atoms with van der Waals surface area (Å²) in [6.07, 6.45) is 4.88. The summed E-state index contributed by atoms with van der Waals surface area (Å²) in [6, 6.07) is 6.52. The van der Waals surface area contributed by atoms with Gasteiger partial charge in [0.05, 0.1) is 6.10 Å². The van der Waals surface area contributed by atoms with E-state index in [0.717, 1.165) is 19.3 Å². The van der Waals surface area contributed by atoms with Crippen LogP contribution in [0.25, 0.3) is 5.57 Å². The molecule has 1 atom stereocenters. The zero-order chi connectivity index (χ0) is 10.8. The van der Waals surface area contributed by atoms with Crippen molar-refractivity contribution in [2.75, 3.05) is 0 Å². The first-order valence-electron chi connectivity index (χ1n) is 5.63. The Morgan fingerprint density at radius 3 is 2.80 bits per heavy atom. The van der Waals surface area contributed by atoms with Crippen molar-refractivity contribution in [3.05, 3.63) is 41.0 Å². The van der Waals surface area contributed by atoms with Crippen molar-refractivity contribution in [3.8, 4) is 0 Å². The van der Waals surface area contributed by atoms with E-state index in [1.807, 2.05) is 6.08 Å². The molecule has 1 aliphatic carbocycles. The van der Waals surface area contributed by atoms with Crippen LogP contribution in [0.15, 0.2) is 24.3 Å². The Labute approximate surface area is 91.4 Å². The van der Waals surface area contributed by atoms with Crippen LogP contribution in [-0.2, 0) is 0 Å². The predicted octanol–water partition coefficient (Wildman–Crippen LogP) is 3.23. The first kappa shape index (κ1) is 10.4. The van der Waals surface area contributed by atoms with E-state index >= 15 is 0 Å². The van der Waals surface area contributed by atoms with Crippen LogP contribution in [0.4, 0.5) is 0 Å². The smallest absolute Gasteiger partial charge is 0.0726 e. The molecule has 2 rings (SSSR count). The van der Waals surface area contributed by atoms with E-state index in [1.54, 1.807) is 0 Å². The Morgan fingerprint density at radius 2 is 2.07 bits per heavy atom. The van der Waals surface area contributed by atoms with Gasteiger partial charge < -0.3 is 5.11 Å². The molecule has 1 nitrogen and oxygen atoms in total. The number of aryl methyl sites for hydroxylation is 2. The molecule has 0 saturated carbocycles. The van der Waals surface area contributed by atoms with Crippen LogP contribution in [0.3, 0.4) is 0 Å². The zero-order valence-electron chi connectivity index (χ0n) is 9.46. The predicted molar refractivity (Wildman–Crippen MR) is 63.8 cm³/mol. The average Bonchev–Trinajstić information content (AvgIpc) is 2.22. The monoisotopic (exact) mass is 202 g/mol. The fraction of sp³-hybridized carbons (Fsp3) is 0.429. The molecule has 0 fully saturated rings. The van der Waals surface area contributed by atoms with E-state index in [1.165, 1.54) is 22.3 Å². The molecule has 15 heavy (non-hydrogen) atoms. The van der Waals surface area contributed by atoms with E-state index in [9.17, 15) is 5.11 Å². The average molecular weight is 202 g/mol. The molecule has 0 heterocycles. The van der Waals surface area contributed by atoms with Crippen LogP contribution in [-0.4, -0.2) is 11.2 Å². The summed E-state index contributed by atoms with van der Waals surface area (Å²) in [6.45, 7) is 4.25. The SMILES string of the molecule is Cc1ccc(C)c(C2=CC(O)CCC2)c1. The van der Waals surface area contributed by atoms with Crippen molar-refractivity contribution in [2.45, 2.75) is 39.2 Å². The van der Waals surface area contributed by atoms with E-state index in [-0.39, 0.29) is 6.10 Å². The molecule has 1 unspecified atom stereocenters. The largest absolute Gasteiger partial charge is 0.389 e. The van der Waals surface area contributed by atoms with Crippen molar-refractivity contribution in [3.63, 3.8) is 0 Å². The minimum Gasteiger partial charge on any atom is -0.389 e. The maximum Gasteiger partial charge on any atom is 0.0726 e. The van der Waals surface area contributed by atoms with Gasteiger partial charge in [-0.25, -0.2) is 0 Å². The van der Waals surface area contributed by atoms with E-state index < -0.39 is 0 Å². The lowest BCUT2D eigenvalue weighted by molar-refractivity contribution is 0.206. The first-order valence-corrected chi connectivity index (χ1v) is 5.63. The maximum atomic E-state index is 9.62. The summed E-state index contributed by atoms with van der Waals surface area (Å²) < 4.78 is 0. The molecule has 1 N–H and O–H groups in total. The van der Waals surface area contributed by atoms with Gasteiger partial charge in [-0.3, -0.25) is 0 Å². The van der Waals surface area contributed by atoms with Gasteiger partial charge in [0.2, 0.25) is 0 Å². The molecular formula is C14H18O. The Kier molecular flexibility index (Phi) is 2.92. The molecule has 0 radical (unpaired) electrons. The van der Waals surface area contributed by atoms with Gasteiger partial charge in [-0.1, -0.05) is 29.8 Å². The number of allylic oxidation sites excluding steroid dienone is 1. The molecular weight excluding hydrogens is 184 g/mol. The van der Waals surface area contributed by atoms with Crippen molar-refractivity contribution >= 4 is 5.57 Å². The van der Waals surface area contributed by atoms with Gasteiger partial charge >= 0.3 is 0 Å². The van der Waals surface area contributed by atoms with Gasteiger partial charge in [-0.2, -0.15) is 0 Å². The van der Waals surface area contributed by atoms with Gasteiger partial charge in [0.15, 0.2) is 0 Å². The highest BCUT2D eigenvalue weighted by Crippen LogP contribution is 2.29. The summed E-state index contributed by atoms with van der Waals surface area (Å²) in [7, 11) is 0. The summed E-state index contributed by atoms with van der Waals surface area (Å²) in [5, 5.41) is 9.62. The fourth-order valence-electron chi connectivity index (χ4n) is 2.21. The number of aliphatic hydroxyl groups is 1. The van der Waals surface area contributed by atoms with Gasteiger partial charge in [0.1, 0.15) is 0 Å². The molecule has 0 bridgehead atoms. The second-order valence-electron chi connectivity index (χ2n) is 4.47. The molecule has 0 spiro atoms. The van der Waals surface area contributed by atoms with Crippen LogP contribution in [0.1, 0.15) is 36.0 Å². The molecule has 1 aliphatic rings. The van der Waals surface area contributed by atoms with Gasteiger partial charge in [-0.15, -0.1) is 0 Å². The van der Waals surface area contributed by atoms with Crippen LogP contribution in [0, 0.1) is 13.8 Å². The van der Waals surface area contributed by atoms with Gasteiger partial charge in [0, 0.05) is 0 Å². The molecule has 1 heteroatoms. The summed E-state index contributed by atoms with van der Waals surface area (Å²) >= 11 is 0. The Hall–Kier alpha value is -1.08. The number of hydrogen-bond acceptors (Lipinski definition) is 1. The Bertz CT molecular complexity index is 390. The minimum atomic E-state index is -0.242. The highest BCUT2D eigenvalue weighted by molar-refractivity contribution is 5.69. The first-order chi connectivity index (χ1) is 7.16. The molecule has 0 aliphatic heterocycles. The van der Waals surface area contributed by atoms with Crippen LogP contribution < -0.4 is 0 Å². The van der Waals surface area contributed by atoms with E-state index in [2.05, 4.69) is 32.0 Å². The lowest BCUT2D eigenvalue weighted by Gasteiger charge is -2.19. The Balaban J connectivity index is 2.40. The third-order valence-corrected chi connectivity index (χ3v) is 3.08. The van der Waals surface area contributed by atoms with Crippen molar-refractivity contribution in [1.82, 2.24) is 0 Å². The Morgan fingerprint density at radius 1 is 1.27 bits per heavy atom. The lowest BCUT2D eigenvalue weighted by Crippen LogP contribution is -2.08. The van der Waals surface area contributed by atoms with Crippen LogP contribution in [0.2, 0.25) is 0 Å². The molecule has 1 aromatic carbocycles. The normalized spacial score (nSPS) is 21.3. The van der Waals surface area contributed by atoms with Gasteiger partial charge in [0.25, 0.3) is 0 Å². The van der Waals surface area contributed by atoms with Crippen LogP contribution >= 0.6 is 0 Å². The second-order valence-corrected chi connectivity index (χ2v) is 4.47. The minimum absolute atomic E-state index is 0.242. The molecule has 0 aromatic heterocycles. The number of rotatable bonds is 1. The zero-order valence-corrected chi connectivity index (χ0v) is 9.46. The van der Waals surface area contributed by atoms with Crippen molar-refractivity contribution in [1.29, 1.82) is 0 Å². The topological polar surface area (TPSA) is 20.2 Å². The van der Waals surface area contributed by atoms with Gasteiger partial charge in [-0.05, 0) is 49.8 Å². The van der Waals surface area contributed by atoms with Crippen LogP contribution in [0.5, 0.6) is 0 Å². The maximum absolute atomic E-state index is 9.62. The standard InChI is InChI=1S/C14H18O/c1-10-6-7-11(2)14(8-10)12-4-3-5-13(15)9-12/h6-9,13,15H,3-5H2,1-2H3. The number of benzene rings is 1. The number of aliphatic hydroxyl groups excluding tert-OH is 1. The highest BCUT2D eigenvalue weighted by Gasteiger charge is 2.13. The summed E-state index contributed by atoms with van der Waals surface area (Å²) in [4.78, 5) is 0. The fourth-order valence-corrected chi connectivity index (χ4v) is 2.21.